The second-order valence-corrected chi connectivity index (χ2v) is 17.3. The van der Waals surface area contributed by atoms with Gasteiger partial charge in [-0.3, -0.25) is 34.2 Å². The molecule has 4 aromatic rings. The number of hydrogen-bond acceptors (Lipinski definition) is 13. The van der Waals surface area contributed by atoms with Crippen molar-refractivity contribution in [2.24, 2.45) is 0 Å². The average Bonchev–Trinajstić information content (AvgIpc) is 3.78. The van der Waals surface area contributed by atoms with E-state index in [0.29, 0.717) is 36.0 Å². The lowest BCUT2D eigenvalue weighted by molar-refractivity contribution is -0.136. The van der Waals surface area contributed by atoms with Gasteiger partial charge in [-0.2, -0.15) is 4.98 Å². The molecule has 3 aromatic heterocycles. The first-order valence-electron chi connectivity index (χ1n) is 22.2. The summed E-state index contributed by atoms with van der Waals surface area (Å²) in [5, 5.41) is 12.7. The number of aromatic nitrogens is 4. The Balaban J connectivity index is 0.774. The van der Waals surface area contributed by atoms with Gasteiger partial charge >= 0.3 is 0 Å². The molecule has 0 saturated carbocycles. The summed E-state index contributed by atoms with van der Waals surface area (Å²) in [7, 11) is 1.30. The number of anilines is 4. The topological polar surface area (TPSA) is 196 Å². The predicted octanol–water partition coefficient (Wildman–Crippen LogP) is 5.28. The number of nitrogens with zero attached hydrogens (tertiary/aromatic N) is 7. The predicted molar refractivity (Wildman–Crippen MR) is 235 cm³/mol. The number of carbonyl (C=O) groups is 5. The van der Waals surface area contributed by atoms with Crippen molar-refractivity contribution in [1.82, 2.24) is 40.0 Å². The van der Waals surface area contributed by atoms with Gasteiger partial charge < -0.3 is 35.1 Å². The number of hydrogen-bond donors (Lipinski definition) is 4. The SMILES string of the molecule is COC1CCN(c2nccc(Nc3cc4c(cn3)c(C(=O)NC3CCN(CCCCCCNc5cccc6c5C(=O)N(C5CCC(=O)NC5=O)C6=O)CC3)cn4C(C)C)n2)CC1(F)F. The minimum atomic E-state index is -3.03. The van der Waals surface area contributed by atoms with Crippen LogP contribution in [-0.4, -0.2) is 129 Å². The summed E-state index contributed by atoms with van der Waals surface area (Å²) in [6, 6.07) is 7.70. The molecule has 4 aliphatic rings. The number of halogens is 2. The van der Waals surface area contributed by atoms with Crippen LogP contribution in [0.2, 0.25) is 0 Å². The van der Waals surface area contributed by atoms with E-state index in [-0.39, 0.29) is 54.3 Å². The van der Waals surface area contributed by atoms with Crippen molar-refractivity contribution in [3.05, 3.63) is 65.6 Å². The molecule has 3 saturated heterocycles. The van der Waals surface area contributed by atoms with Gasteiger partial charge in [0, 0.05) is 87.5 Å². The lowest BCUT2D eigenvalue weighted by atomic mass is 10.0. The number of methoxy groups -OCH3 is 1. The van der Waals surface area contributed by atoms with Gasteiger partial charge in [-0.05, 0) is 77.1 Å². The number of amides is 5. The number of rotatable bonds is 16. The van der Waals surface area contributed by atoms with Crippen LogP contribution >= 0.6 is 0 Å². The molecular weight excluding hydrogens is 829 g/mol. The Kier molecular flexibility index (Phi) is 13.2. The summed E-state index contributed by atoms with van der Waals surface area (Å²) in [6.07, 6.45) is 9.90. The van der Waals surface area contributed by atoms with Crippen molar-refractivity contribution in [2.75, 3.05) is 61.9 Å². The van der Waals surface area contributed by atoms with Gasteiger partial charge in [0.1, 0.15) is 23.8 Å². The molecule has 4 N–H and O–H groups in total. The summed E-state index contributed by atoms with van der Waals surface area (Å²) < 4.78 is 36.2. The van der Waals surface area contributed by atoms with E-state index in [2.05, 4.69) is 41.1 Å². The maximum absolute atomic E-state index is 14.6. The summed E-state index contributed by atoms with van der Waals surface area (Å²) in [5.41, 5.74) is 2.47. The van der Waals surface area contributed by atoms with Gasteiger partial charge in [0.15, 0.2) is 0 Å². The van der Waals surface area contributed by atoms with Gasteiger partial charge in [-0.25, -0.2) is 18.7 Å². The highest BCUT2D eigenvalue weighted by Crippen LogP contribution is 2.34. The Morgan fingerprint density at radius 2 is 1.77 bits per heavy atom. The summed E-state index contributed by atoms with van der Waals surface area (Å²) in [5.74, 6) is -4.16. The van der Waals surface area contributed by atoms with E-state index in [1.54, 1.807) is 30.5 Å². The molecule has 5 amide bonds. The van der Waals surface area contributed by atoms with Crippen LogP contribution in [0.25, 0.3) is 10.9 Å². The van der Waals surface area contributed by atoms with E-state index in [4.69, 9.17) is 4.74 Å². The van der Waals surface area contributed by atoms with Crippen LogP contribution in [0, 0.1) is 0 Å². The monoisotopic (exact) mass is 883 g/mol. The molecule has 17 nitrogen and oxygen atoms in total. The highest BCUT2D eigenvalue weighted by molar-refractivity contribution is 6.25. The largest absolute Gasteiger partial charge is 0.384 e. The minimum absolute atomic E-state index is 0.0473. The van der Waals surface area contributed by atoms with Gasteiger partial charge in [0.25, 0.3) is 23.6 Å². The third kappa shape index (κ3) is 9.40. The molecule has 19 heteroatoms. The molecule has 64 heavy (non-hydrogen) atoms. The molecule has 0 aliphatic carbocycles. The number of fused-ring (bicyclic) bond motifs is 2. The van der Waals surface area contributed by atoms with Crippen molar-refractivity contribution < 1.29 is 37.5 Å². The summed E-state index contributed by atoms with van der Waals surface area (Å²) in [4.78, 5) is 82.5. The number of benzene rings is 1. The van der Waals surface area contributed by atoms with Crippen LogP contribution in [0.3, 0.4) is 0 Å². The Labute approximate surface area is 369 Å². The number of carbonyl (C=O) groups excluding carboxylic acids is 5. The number of piperidine rings is 3. The third-order valence-corrected chi connectivity index (χ3v) is 12.6. The third-order valence-electron chi connectivity index (χ3n) is 12.6. The maximum atomic E-state index is 14.6. The molecule has 2 unspecified atom stereocenters. The van der Waals surface area contributed by atoms with E-state index < -0.39 is 48.2 Å². The molecule has 0 spiro atoms. The number of imide groups is 2. The average molecular weight is 884 g/mol. The number of unbranched alkanes of at least 4 members (excludes halogenated alkanes) is 3. The van der Waals surface area contributed by atoms with Gasteiger partial charge in [0.2, 0.25) is 17.8 Å². The zero-order valence-electron chi connectivity index (χ0n) is 36.4. The van der Waals surface area contributed by atoms with E-state index in [1.165, 1.54) is 18.2 Å². The maximum Gasteiger partial charge on any atom is 0.290 e. The van der Waals surface area contributed by atoms with Crippen molar-refractivity contribution in [3.8, 4) is 0 Å². The molecule has 7 heterocycles. The number of likely N-dealkylation sites (tertiary alicyclic amines) is 1. The lowest BCUT2D eigenvalue weighted by Crippen LogP contribution is -2.54. The highest BCUT2D eigenvalue weighted by Gasteiger charge is 2.47. The first-order chi connectivity index (χ1) is 30.8. The Morgan fingerprint density at radius 1 is 0.969 bits per heavy atom. The number of ether oxygens (including phenoxy) is 1. The van der Waals surface area contributed by atoms with Gasteiger partial charge in [-0.1, -0.05) is 18.9 Å². The molecule has 0 bridgehead atoms. The fourth-order valence-electron chi connectivity index (χ4n) is 9.17. The van der Waals surface area contributed by atoms with Crippen LogP contribution < -0.4 is 26.2 Å². The standard InChI is InChI=1S/C45H55F2N11O6/c1-27(2)57-25-31(30-24-50-37(23-34(30)57)52-36-13-18-49-44(53-36)56-22-16-35(64-3)45(46,47)26-56)40(60)51-28-14-20-55(21-15-28)19-7-5-4-6-17-48-32-10-8-9-29-39(32)43(63)58(42(29)62)33-11-12-38(59)54-41(33)61/h8-10,13,18,23-25,27-28,33,35,48H,4-7,11-12,14-17,19-22,26H2,1-3H3,(H,51,60)(H,54,59,61)(H,49,50,52,53). The zero-order chi connectivity index (χ0) is 45.1. The first kappa shape index (κ1) is 44.5. The van der Waals surface area contributed by atoms with E-state index in [0.717, 1.165) is 74.0 Å². The molecular formula is C45H55F2N11O6. The fourth-order valence-corrected chi connectivity index (χ4v) is 9.17. The van der Waals surface area contributed by atoms with Crippen LogP contribution in [0.15, 0.2) is 48.9 Å². The quantitative estimate of drug-likeness (QED) is 0.0840. The van der Waals surface area contributed by atoms with Gasteiger partial charge in [-0.15, -0.1) is 0 Å². The number of nitrogens with one attached hydrogen (secondary N) is 4. The summed E-state index contributed by atoms with van der Waals surface area (Å²) >= 11 is 0. The Hall–Kier alpha value is -6.08. The molecule has 0 radical (unpaired) electrons. The van der Waals surface area contributed by atoms with E-state index in [1.807, 2.05) is 30.7 Å². The second kappa shape index (κ2) is 18.9. The van der Waals surface area contributed by atoms with Crippen molar-refractivity contribution in [1.29, 1.82) is 0 Å². The first-order valence-corrected chi connectivity index (χ1v) is 22.2. The fraction of sp³-hybridized carbons (Fsp3) is 0.511. The molecule has 3 fully saturated rings. The molecule has 1 aromatic carbocycles. The van der Waals surface area contributed by atoms with Crippen LogP contribution in [0.4, 0.5) is 32.1 Å². The molecule has 8 rings (SSSR count). The van der Waals surface area contributed by atoms with Crippen LogP contribution in [-0.2, 0) is 14.3 Å². The second-order valence-electron chi connectivity index (χ2n) is 17.3. The van der Waals surface area contributed by atoms with Crippen molar-refractivity contribution >= 4 is 63.7 Å². The van der Waals surface area contributed by atoms with Crippen molar-refractivity contribution in [3.63, 3.8) is 0 Å². The molecule has 2 atom stereocenters. The van der Waals surface area contributed by atoms with E-state index in [9.17, 15) is 32.8 Å². The summed E-state index contributed by atoms with van der Waals surface area (Å²) in [6.45, 7) is 7.25. The number of alkyl halides is 2. The van der Waals surface area contributed by atoms with Crippen molar-refractivity contribution in [2.45, 2.75) is 102 Å². The molecule has 340 valence electrons. The zero-order valence-corrected chi connectivity index (χ0v) is 36.4. The Bertz CT molecular complexity index is 2420. The van der Waals surface area contributed by atoms with Crippen LogP contribution in [0.5, 0.6) is 0 Å². The molecule has 4 aliphatic heterocycles. The van der Waals surface area contributed by atoms with E-state index >= 15 is 0 Å². The smallest absolute Gasteiger partial charge is 0.290 e. The Morgan fingerprint density at radius 3 is 2.52 bits per heavy atom. The number of pyridine rings is 1. The van der Waals surface area contributed by atoms with Crippen LogP contribution in [0.1, 0.15) is 109 Å². The highest BCUT2D eigenvalue weighted by atomic mass is 19.3. The lowest BCUT2D eigenvalue weighted by Gasteiger charge is -2.37. The normalized spacial score (nSPS) is 20.5. The van der Waals surface area contributed by atoms with Gasteiger partial charge in [0.05, 0.1) is 28.8 Å². The minimum Gasteiger partial charge on any atom is -0.384 e.